The SMILES string of the molecule is CC(C(=O)NCCN1CCCCC1)C1CCN(S(=O)(=O)c2cccs2)CC1. The lowest BCUT2D eigenvalue weighted by Gasteiger charge is -2.33. The summed E-state index contributed by atoms with van der Waals surface area (Å²) in [5.74, 6) is 0.277. The van der Waals surface area contributed by atoms with E-state index in [0.29, 0.717) is 23.8 Å². The van der Waals surface area contributed by atoms with Crippen molar-refractivity contribution < 1.29 is 13.2 Å². The number of thiophene rings is 1. The third kappa shape index (κ3) is 5.31. The number of likely N-dealkylation sites (tertiary alicyclic amines) is 1. The van der Waals surface area contributed by atoms with Crippen LogP contribution >= 0.6 is 11.3 Å². The van der Waals surface area contributed by atoms with E-state index in [9.17, 15) is 13.2 Å². The normalized spacial score (nSPS) is 21.8. The van der Waals surface area contributed by atoms with Crippen molar-refractivity contribution in [3.05, 3.63) is 17.5 Å². The monoisotopic (exact) mass is 413 g/mol. The van der Waals surface area contributed by atoms with Crippen LogP contribution in [0.4, 0.5) is 0 Å². The molecule has 0 aliphatic carbocycles. The van der Waals surface area contributed by atoms with Crippen LogP contribution in [-0.2, 0) is 14.8 Å². The zero-order valence-electron chi connectivity index (χ0n) is 16.1. The molecule has 0 aromatic carbocycles. The molecule has 2 fully saturated rings. The lowest BCUT2D eigenvalue weighted by molar-refractivity contribution is -0.126. The van der Waals surface area contributed by atoms with Crippen molar-refractivity contribution in [1.29, 1.82) is 0 Å². The minimum Gasteiger partial charge on any atom is -0.355 e. The molecule has 3 heterocycles. The molecule has 2 aliphatic heterocycles. The first-order chi connectivity index (χ1) is 13.0. The summed E-state index contributed by atoms with van der Waals surface area (Å²) in [6.45, 7) is 6.88. The van der Waals surface area contributed by atoms with E-state index in [-0.39, 0.29) is 17.7 Å². The average Bonchev–Trinajstić information content (AvgIpc) is 3.24. The van der Waals surface area contributed by atoms with Gasteiger partial charge in [0.25, 0.3) is 10.0 Å². The third-order valence-corrected chi connectivity index (χ3v) is 9.16. The van der Waals surface area contributed by atoms with Crippen LogP contribution in [0, 0.1) is 11.8 Å². The summed E-state index contributed by atoms with van der Waals surface area (Å²) in [5, 5.41) is 4.87. The first-order valence-electron chi connectivity index (χ1n) is 10.0. The molecule has 1 amide bonds. The Hall–Kier alpha value is -0.960. The summed E-state index contributed by atoms with van der Waals surface area (Å²) in [4.78, 5) is 14.9. The average molecular weight is 414 g/mol. The van der Waals surface area contributed by atoms with Gasteiger partial charge in [-0.15, -0.1) is 11.3 Å². The molecule has 6 nitrogen and oxygen atoms in total. The molecule has 1 N–H and O–H groups in total. The molecule has 27 heavy (non-hydrogen) atoms. The molecular formula is C19H31N3O3S2. The Bertz CT molecular complexity index is 692. The molecule has 8 heteroatoms. The van der Waals surface area contributed by atoms with Gasteiger partial charge in [0.2, 0.25) is 5.91 Å². The van der Waals surface area contributed by atoms with E-state index in [4.69, 9.17) is 0 Å². The lowest BCUT2D eigenvalue weighted by Crippen LogP contribution is -2.44. The van der Waals surface area contributed by atoms with Crippen molar-refractivity contribution in [3.63, 3.8) is 0 Å². The van der Waals surface area contributed by atoms with E-state index in [0.717, 1.165) is 32.5 Å². The molecule has 1 atom stereocenters. The molecule has 1 aromatic rings. The molecule has 1 unspecified atom stereocenters. The quantitative estimate of drug-likeness (QED) is 0.745. The maximum atomic E-state index is 12.6. The van der Waals surface area contributed by atoms with Crippen molar-refractivity contribution in [2.45, 2.75) is 43.2 Å². The van der Waals surface area contributed by atoms with Gasteiger partial charge in [0.15, 0.2) is 0 Å². The predicted octanol–water partition coefficient (Wildman–Crippen LogP) is 2.39. The number of rotatable bonds is 7. The summed E-state index contributed by atoms with van der Waals surface area (Å²) in [6, 6.07) is 3.42. The van der Waals surface area contributed by atoms with Crippen molar-refractivity contribution >= 4 is 27.3 Å². The highest BCUT2D eigenvalue weighted by Crippen LogP contribution is 2.29. The molecule has 0 saturated carbocycles. The molecule has 2 saturated heterocycles. The van der Waals surface area contributed by atoms with Gasteiger partial charge in [0.1, 0.15) is 4.21 Å². The van der Waals surface area contributed by atoms with Crippen molar-refractivity contribution in [2.24, 2.45) is 11.8 Å². The van der Waals surface area contributed by atoms with Gasteiger partial charge in [-0.05, 0) is 56.1 Å². The highest BCUT2D eigenvalue weighted by molar-refractivity contribution is 7.91. The number of carbonyl (C=O) groups excluding carboxylic acids is 1. The van der Waals surface area contributed by atoms with Crippen LogP contribution in [0.5, 0.6) is 0 Å². The largest absolute Gasteiger partial charge is 0.355 e. The van der Waals surface area contributed by atoms with E-state index in [1.54, 1.807) is 21.8 Å². The number of amides is 1. The summed E-state index contributed by atoms with van der Waals surface area (Å²) >= 11 is 1.26. The lowest BCUT2D eigenvalue weighted by atomic mass is 9.85. The van der Waals surface area contributed by atoms with Crippen molar-refractivity contribution in [1.82, 2.24) is 14.5 Å². The van der Waals surface area contributed by atoms with Gasteiger partial charge < -0.3 is 10.2 Å². The number of piperidine rings is 2. The second-order valence-corrected chi connectivity index (χ2v) is 10.8. The summed E-state index contributed by atoms with van der Waals surface area (Å²) < 4.78 is 27.2. The number of carbonyl (C=O) groups is 1. The molecule has 2 aliphatic rings. The maximum absolute atomic E-state index is 12.6. The van der Waals surface area contributed by atoms with Crippen LogP contribution in [0.1, 0.15) is 39.0 Å². The number of nitrogens with zero attached hydrogens (tertiary/aromatic N) is 2. The predicted molar refractivity (Wildman–Crippen MR) is 108 cm³/mol. The fraction of sp³-hybridized carbons (Fsp3) is 0.737. The summed E-state index contributed by atoms with van der Waals surface area (Å²) in [6.07, 6.45) is 5.33. The van der Waals surface area contributed by atoms with E-state index >= 15 is 0 Å². The second kappa shape index (κ2) is 9.49. The third-order valence-electron chi connectivity index (χ3n) is 5.88. The minimum atomic E-state index is -3.37. The van der Waals surface area contributed by atoms with Crippen molar-refractivity contribution in [2.75, 3.05) is 39.3 Å². The standard InChI is InChI=1S/C19H31N3O3S2/c1-16(19(23)20-9-14-21-10-3-2-4-11-21)17-7-12-22(13-8-17)27(24,25)18-6-5-15-26-18/h5-6,15-17H,2-4,7-14H2,1H3,(H,20,23). The van der Waals surface area contributed by atoms with Crippen molar-refractivity contribution in [3.8, 4) is 0 Å². The smallest absolute Gasteiger partial charge is 0.252 e. The Kier molecular flexibility index (Phi) is 7.30. The first-order valence-corrected chi connectivity index (χ1v) is 12.3. The first kappa shape index (κ1) is 20.8. The summed E-state index contributed by atoms with van der Waals surface area (Å²) in [5.41, 5.74) is 0. The van der Waals surface area contributed by atoms with Crippen LogP contribution in [0.25, 0.3) is 0 Å². The molecule has 0 spiro atoms. The highest BCUT2D eigenvalue weighted by atomic mass is 32.2. The Morgan fingerprint density at radius 1 is 1.22 bits per heavy atom. The molecule has 3 rings (SSSR count). The van der Waals surface area contributed by atoms with Crippen LogP contribution < -0.4 is 5.32 Å². The number of hydrogen-bond donors (Lipinski definition) is 1. The van der Waals surface area contributed by atoms with E-state index in [2.05, 4.69) is 10.2 Å². The number of sulfonamides is 1. The second-order valence-electron chi connectivity index (χ2n) is 7.66. The molecule has 1 aromatic heterocycles. The van der Waals surface area contributed by atoms with E-state index < -0.39 is 10.0 Å². The van der Waals surface area contributed by atoms with Gasteiger partial charge in [-0.2, -0.15) is 4.31 Å². The minimum absolute atomic E-state index is 0.0713. The number of nitrogens with one attached hydrogen (secondary N) is 1. The Morgan fingerprint density at radius 3 is 2.56 bits per heavy atom. The van der Waals surface area contributed by atoms with Gasteiger partial charge in [-0.25, -0.2) is 8.42 Å². The Morgan fingerprint density at radius 2 is 1.93 bits per heavy atom. The Labute approximate surface area is 167 Å². The number of hydrogen-bond acceptors (Lipinski definition) is 5. The van der Waals surface area contributed by atoms with Crippen LogP contribution in [0.15, 0.2) is 21.7 Å². The van der Waals surface area contributed by atoms with Gasteiger partial charge in [0, 0.05) is 32.1 Å². The zero-order valence-corrected chi connectivity index (χ0v) is 17.7. The van der Waals surface area contributed by atoms with Crippen LogP contribution in [-0.4, -0.2) is 62.8 Å². The van der Waals surface area contributed by atoms with Gasteiger partial charge >= 0.3 is 0 Å². The van der Waals surface area contributed by atoms with E-state index in [1.807, 2.05) is 6.92 Å². The molecular weight excluding hydrogens is 382 g/mol. The van der Waals surface area contributed by atoms with Gasteiger partial charge in [-0.3, -0.25) is 4.79 Å². The molecule has 0 bridgehead atoms. The van der Waals surface area contributed by atoms with Crippen LogP contribution in [0.2, 0.25) is 0 Å². The fourth-order valence-corrected chi connectivity index (χ4v) is 6.66. The maximum Gasteiger partial charge on any atom is 0.252 e. The molecule has 0 radical (unpaired) electrons. The van der Waals surface area contributed by atoms with E-state index in [1.165, 1.54) is 30.6 Å². The van der Waals surface area contributed by atoms with Gasteiger partial charge in [0.05, 0.1) is 0 Å². The molecule has 152 valence electrons. The Balaban J connectivity index is 1.42. The topological polar surface area (TPSA) is 69.7 Å². The van der Waals surface area contributed by atoms with Crippen LogP contribution in [0.3, 0.4) is 0 Å². The highest BCUT2D eigenvalue weighted by Gasteiger charge is 2.33. The summed E-state index contributed by atoms with van der Waals surface area (Å²) in [7, 11) is -3.37. The zero-order chi connectivity index (χ0) is 19.3. The van der Waals surface area contributed by atoms with Gasteiger partial charge in [-0.1, -0.05) is 19.4 Å². The fourth-order valence-electron chi connectivity index (χ4n) is 4.05.